The predicted octanol–water partition coefficient (Wildman–Crippen LogP) is 7.63. The Morgan fingerprint density at radius 1 is 0.878 bits per heavy atom. The molecule has 0 N–H and O–H groups in total. The van der Waals surface area contributed by atoms with E-state index in [2.05, 4.69) is 0 Å². The number of carbonyl (C=O) groups excluding carboxylic acids is 2. The van der Waals surface area contributed by atoms with E-state index in [0.29, 0.717) is 25.0 Å². The van der Waals surface area contributed by atoms with Crippen molar-refractivity contribution in [1.82, 2.24) is 4.90 Å². The van der Waals surface area contributed by atoms with Crippen LogP contribution in [0, 0.1) is 5.92 Å². The van der Waals surface area contributed by atoms with Crippen molar-refractivity contribution < 1.29 is 53.8 Å². The van der Waals surface area contributed by atoms with Gasteiger partial charge in [-0.25, -0.2) is 4.79 Å². The van der Waals surface area contributed by atoms with E-state index in [0.717, 1.165) is 30.0 Å². The molecule has 14 heteroatoms. The first-order valence-corrected chi connectivity index (χ1v) is 12.6. The predicted molar refractivity (Wildman–Crippen MR) is 128 cm³/mol. The number of anilines is 1. The molecule has 5 nitrogen and oxygen atoms in total. The van der Waals surface area contributed by atoms with Crippen molar-refractivity contribution in [3.63, 3.8) is 0 Å². The minimum atomic E-state index is -5.10. The van der Waals surface area contributed by atoms with Crippen LogP contribution in [-0.4, -0.2) is 36.1 Å². The van der Waals surface area contributed by atoms with Crippen LogP contribution in [0.3, 0.4) is 0 Å². The van der Waals surface area contributed by atoms with Gasteiger partial charge in [0.25, 0.3) is 0 Å². The molecule has 1 aliphatic carbocycles. The molecule has 2 aliphatic rings. The summed E-state index contributed by atoms with van der Waals surface area (Å²) in [6, 6.07) is 3.03. The lowest BCUT2D eigenvalue weighted by atomic mass is 9.90. The molecule has 0 radical (unpaired) electrons. The lowest BCUT2D eigenvalue weighted by Crippen LogP contribution is -2.44. The van der Waals surface area contributed by atoms with Crippen LogP contribution >= 0.6 is 0 Å². The normalized spacial score (nSPS) is 19.2. The van der Waals surface area contributed by atoms with E-state index in [1.165, 1.54) is 4.90 Å². The Morgan fingerprint density at radius 3 is 1.90 bits per heavy atom. The summed E-state index contributed by atoms with van der Waals surface area (Å²) in [5, 5.41) is 0. The third-order valence-corrected chi connectivity index (χ3v) is 7.18. The summed E-state index contributed by atoms with van der Waals surface area (Å²) in [5.41, 5.74) is -4.37. The van der Waals surface area contributed by atoms with Gasteiger partial charge in [-0.1, -0.05) is 0 Å². The minimum Gasteiger partial charge on any atom is -0.449 e. The van der Waals surface area contributed by atoms with Gasteiger partial charge >= 0.3 is 24.6 Å². The van der Waals surface area contributed by atoms with Gasteiger partial charge in [-0.3, -0.25) is 9.69 Å². The third kappa shape index (κ3) is 6.56. The average molecular weight is 596 g/mol. The molecule has 0 aromatic heterocycles. The Morgan fingerprint density at radius 2 is 1.44 bits per heavy atom. The maximum absolute atomic E-state index is 13.6. The summed E-state index contributed by atoms with van der Waals surface area (Å²) in [6.45, 7) is 1.54. The van der Waals surface area contributed by atoms with Gasteiger partial charge < -0.3 is 9.64 Å². The maximum atomic E-state index is 13.6. The third-order valence-electron chi connectivity index (χ3n) is 7.18. The fourth-order valence-corrected chi connectivity index (χ4v) is 5.24. The molecule has 2 aromatic carbocycles. The van der Waals surface area contributed by atoms with Crippen molar-refractivity contribution in [3.05, 3.63) is 64.2 Å². The Bertz CT molecular complexity index is 1280. The molecule has 1 heterocycles. The summed E-state index contributed by atoms with van der Waals surface area (Å²) in [7, 11) is 0. The molecule has 224 valence electrons. The van der Waals surface area contributed by atoms with Gasteiger partial charge in [-0.05, 0) is 73.2 Å². The van der Waals surface area contributed by atoms with Crippen molar-refractivity contribution in [1.29, 1.82) is 0 Å². The van der Waals surface area contributed by atoms with Crippen molar-refractivity contribution >= 4 is 17.7 Å². The first-order chi connectivity index (χ1) is 18.9. The van der Waals surface area contributed by atoms with Gasteiger partial charge in [0.2, 0.25) is 5.91 Å². The fourth-order valence-electron chi connectivity index (χ4n) is 5.24. The number of ether oxygens (including phenoxy) is 1. The molecule has 1 fully saturated rings. The first kappa shape index (κ1) is 30.5. The Labute approximate surface area is 228 Å². The molecular weight excluding hydrogens is 571 g/mol. The zero-order valence-corrected chi connectivity index (χ0v) is 21.8. The average Bonchev–Trinajstić information content (AvgIpc) is 3.64. The van der Waals surface area contributed by atoms with E-state index in [4.69, 9.17) is 4.74 Å². The number of benzene rings is 2. The second kappa shape index (κ2) is 10.8. The summed E-state index contributed by atoms with van der Waals surface area (Å²) in [6.07, 6.45) is -14.5. The molecule has 2 amide bonds. The highest BCUT2D eigenvalue weighted by molar-refractivity contribution is 5.92. The van der Waals surface area contributed by atoms with Gasteiger partial charge in [0, 0.05) is 25.9 Å². The van der Waals surface area contributed by atoms with Gasteiger partial charge in [0.1, 0.15) is 0 Å². The van der Waals surface area contributed by atoms with E-state index in [1.807, 2.05) is 0 Å². The molecule has 1 aliphatic heterocycles. The number of fused-ring (bicyclic) bond motifs is 1. The topological polar surface area (TPSA) is 49.9 Å². The number of amides is 2. The fraction of sp³-hybridized carbons (Fsp3) is 0.481. The number of carbonyl (C=O) groups is 2. The van der Waals surface area contributed by atoms with Crippen LogP contribution in [0.2, 0.25) is 0 Å². The van der Waals surface area contributed by atoms with Gasteiger partial charge in [0.15, 0.2) is 0 Å². The Balaban J connectivity index is 1.77. The first-order valence-electron chi connectivity index (χ1n) is 12.6. The summed E-state index contributed by atoms with van der Waals surface area (Å²) >= 11 is 0. The number of hydrogen-bond donors (Lipinski definition) is 0. The van der Waals surface area contributed by atoms with E-state index in [9.17, 15) is 49.1 Å². The number of nitrogens with zero attached hydrogens (tertiary/aromatic N) is 2. The standard InChI is InChI=1S/C27H25F9N2O3/c1-3-41-24(40)38-22-7-6-17(25(28,29)30)11-20(22)21(23(38)16-4-5-16)13-37(14(2)39)12-15-8-18(26(31,32)33)10-19(9-15)27(34,35)36/h6-11,16,21,23H,3-5,12-13H2,1-2H3/t21-,23-/m1/s1. The molecule has 1 saturated carbocycles. The monoisotopic (exact) mass is 596 g/mol. The largest absolute Gasteiger partial charge is 0.449 e. The minimum absolute atomic E-state index is 0.0238. The van der Waals surface area contributed by atoms with Crippen LogP contribution in [0.4, 0.5) is 50.0 Å². The zero-order chi connectivity index (χ0) is 30.5. The van der Waals surface area contributed by atoms with Crippen LogP contribution in [0.25, 0.3) is 0 Å². The molecule has 2 atom stereocenters. The van der Waals surface area contributed by atoms with Crippen LogP contribution in [0.15, 0.2) is 36.4 Å². The molecule has 4 rings (SSSR count). The summed E-state index contributed by atoms with van der Waals surface area (Å²) in [4.78, 5) is 27.8. The summed E-state index contributed by atoms with van der Waals surface area (Å²) in [5.74, 6) is -1.81. The smallest absolute Gasteiger partial charge is 0.416 e. The van der Waals surface area contributed by atoms with E-state index >= 15 is 0 Å². The molecule has 0 saturated heterocycles. The molecule has 0 bridgehead atoms. The van der Waals surface area contributed by atoms with E-state index in [-0.39, 0.29) is 36.4 Å². The quantitative estimate of drug-likeness (QED) is 0.323. The molecule has 0 unspecified atom stereocenters. The second-order valence-corrected chi connectivity index (χ2v) is 10.1. The van der Waals surface area contributed by atoms with Crippen molar-refractivity contribution in [3.8, 4) is 0 Å². The van der Waals surface area contributed by atoms with Gasteiger partial charge in [-0.2, -0.15) is 39.5 Å². The van der Waals surface area contributed by atoms with Crippen LogP contribution in [-0.2, 0) is 34.6 Å². The molecule has 2 aromatic rings. The molecular formula is C27H25F9N2O3. The van der Waals surface area contributed by atoms with Crippen molar-refractivity contribution in [2.45, 2.75) is 63.7 Å². The lowest BCUT2D eigenvalue weighted by Gasteiger charge is -2.32. The maximum Gasteiger partial charge on any atom is 0.416 e. The number of alkyl halides is 9. The Hall–Kier alpha value is -3.45. The number of halogens is 9. The van der Waals surface area contributed by atoms with Gasteiger partial charge in [0.05, 0.1) is 35.0 Å². The van der Waals surface area contributed by atoms with Crippen LogP contribution in [0.1, 0.15) is 60.4 Å². The second-order valence-electron chi connectivity index (χ2n) is 10.1. The van der Waals surface area contributed by atoms with Crippen molar-refractivity contribution in [2.75, 3.05) is 18.1 Å². The molecule has 41 heavy (non-hydrogen) atoms. The van der Waals surface area contributed by atoms with E-state index < -0.39 is 71.3 Å². The highest BCUT2D eigenvalue weighted by atomic mass is 19.4. The number of rotatable bonds is 6. The van der Waals surface area contributed by atoms with Gasteiger partial charge in [-0.15, -0.1) is 0 Å². The van der Waals surface area contributed by atoms with Crippen LogP contribution < -0.4 is 4.90 Å². The lowest BCUT2D eigenvalue weighted by molar-refractivity contribution is -0.143. The van der Waals surface area contributed by atoms with Crippen LogP contribution in [0.5, 0.6) is 0 Å². The SMILES string of the molecule is CCOC(=O)N1c2ccc(C(F)(F)F)cc2[C@@H](CN(Cc2cc(C(F)(F)F)cc(C(F)(F)F)c2)C(C)=O)[C@H]1C1CC1. The Kier molecular flexibility index (Phi) is 8.00. The zero-order valence-electron chi connectivity index (χ0n) is 21.8. The highest BCUT2D eigenvalue weighted by Crippen LogP contribution is 2.52. The number of hydrogen-bond acceptors (Lipinski definition) is 3. The summed E-state index contributed by atoms with van der Waals surface area (Å²) < 4.78 is 126. The molecule has 0 spiro atoms. The van der Waals surface area contributed by atoms with Crippen molar-refractivity contribution in [2.24, 2.45) is 5.92 Å². The highest BCUT2D eigenvalue weighted by Gasteiger charge is 2.51. The van der Waals surface area contributed by atoms with E-state index in [1.54, 1.807) is 6.92 Å².